The number of rotatable bonds is 1. The quantitative estimate of drug-likeness (QED) is 0.787. The average Bonchev–Trinajstić information content (AvgIpc) is 2.41. The fourth-order valence-corrected chi connectivity index (χ4v) is 3.30. The van der Waals surface area contributed by atoms with Gasteiger partial charge in [0.2, 0.25) is 0 Å². The van der Waals surface area contributed by atoms with Crippen molar-refractivity contribution in [2.75, 3.05) is 0 Å². The first-order chi connectivity index (χ1) is 6.57. The van der Waals surface area contributed by atoms with Gasteiger partial charge in [0.25, 0.3) is 0 Å². The first-order valence-electron chi connectivity index (χ1n) is 4.27. The van der Waals surface area contributed by atoms with Crippen LogP contribution in [0, 0.1) is 18.3 Å². The fourth-order valence-electron chi connectivity index (χ4n) is 1.63. The van der Waals surface area contributed by atoms with Crippen LogP contribution in [0.5, 0.6) is 0 Å². The van der Waals surface area contributed by atoms with Gasteiger partial charge in [0.1, 0.15) is 11.2 Å². The summed E-state index contributed by atoms with van der Waals surface area (Å²) < 4.78 is 1.03. The van der Waals surface area contributed by atoms with Crippen molar-refractivity contribution in [3.05, 3.63) is 20.3 Å². The second kappa shape index (κ2) is 3.18. The number of thiophene rings is 1. The molecule has 0 N–H and O–H groups in total. The number of carbonyl (C=O) groups is 1. The van der Waals surface area contributed by atoms with E-state index in [4.69, 9.17) is 5.26 Å². The summed E-state index contributed by atoms with van der Waals surface area (Å²) in [7, 11) is 0. The van der Waals surface area contributed by atoms with Gasteiger partial charge >= 0.3 is 0 Å². The molecule has 1 aliphatic carbocycles. The standard InChI is InChI=1S/C10H8BrNOS/c1-6-8(11)2-9(14-6)10(5-12)3-7(13)4-10/h2H,3-4H2,1H3. The molecule has 0 amide bonds. The fraction of sp³-hybridized carbons (Fsp3) is 0.400. The van der Waals surface area contributed by atoms with E-state index < -0.39 is 5.41 Å². The molecule has 0 bridgehead atoms. The van der Waals surface area contributed by atoms with Crippen molar-refractivity contribution in [1.29, 1.82) is 5.26 Å². The molecule has 0 aliphatic heterocycles. The van der Waals surface area contributed by atoms with Gasteiger partial charge in [0.05, 0.1) is 6.07 Å². The van der Waals surface area contributed by atoms with Crippen LogP contribution < -0.4 is 0 Å². The number of halogens is 1. The topological polar surface area (TPSA) is 40.9 Å². The Kier molecular flexibility index (Phi) is 2.24. The molecule has 1 fully saturated rings. The molecule has 0 aromatic carbocycles. The normalized spacial score (nSPS) is 18.8. The summed E-state index contributed by atoms with van der Waals surface area (Å²) in [6.45, 7) is 2.00. The largest absolute Gasteiger partial charge is 0.300 e. The lowest BCUT2D eigenvalue weighted by atomic mass is 9.68. The van der Waals surface area contributed by atoms with Gasteiger partial charge in [0, 0.05) is 27.1 Å². The second-order valence-electron chi connectivity index (χ2n) is 3.60. The summed E-state index contributed by atoms with van der Waals surface area (Å²) in [6.07, 6.45) is 0.770. The minimum Gasteiger partial charge on any atom is -0.300 e. The molecule has 0 saturated heterocycles. The van der Waals surface area contributed by atoms with Crippen molar-refractivity contribution in [2.24, 2.45) is 0 Å². The Balaban J connectivity index is 2.39. The number of ketones is 1. The van der Waals surface area contributed by atoms with Gasteiger partial charge in [-0.2, -0.15) is 5.26 Å². The van der Waals surface area contributed by atoms with Gasteiger partial charge in [-0.1, -0.05) is 0 Å². The number of nitrogens with zero attached hydrogens (tertiary/aromatic N) is 1. The highest BCUT2D eigenvalue weighted by molar-refractivity contribution is 9.10. The zero-order valence-electron chi connectivity index (χ0n) is 7.63. The van der Waals surface area contributed by atoms with Crippen molar-refractivity contribution in [2.45, 2.75) is 25.2 Å². The summed E-state index contributed by atoms with van der Waals surface area (Å²) in [6, 6.07) is 4.24. The summed E-state index contributed by atoms with van der Waals surface area (Å²) in [5, 5.41) is 9.10. The number of Topliss-reactive ketones (excluding diaryl/α,β-unsaturated/α-hetero) is 1. The van der Waals surface area contributed by atoms with Crippen molar-refractivity contribution in [3.63, 3.8) is 0 Å². The highest BCUT2D eigenvalue weighted by Gasteiger charge is 2.46. The predicted octanol–water partition coefficient (Wildman–Crippen LogP) is 2.94. The molecule has 1 aromatic heterocycles. The van der Waals surface area contributed by atoms with Crippen LogP contribution in [-0.2, 0) is 10.2 Å². The summed E-state index contributed by atoms with van der Waals surface area (Å²) in [4.78, 5) is 13.2. The molecule has 4 heteroatoms. The molecule has 1 aromatic rings. The Bertz CT molecular complexity index is 416. The molecule has 1 aliphatic rings. The molecule has 2 rings (SSSR count). The molecular formula is C10H8BrNOS. The molecular weight excluding hydrogens is 262 g/mol. The van der Waals surface area contributed by atoms with E-state index >= 15 is 0 Å². The first kappa shape index (κ1) is 9.88. The third-order valence-electron chi connectivity index (χ3n) is 2.54. The van der Waals surface area contributed by atoms with Crippen molar-refractivity contribution in [3.8, 4) is 6.07 Å². The lowest BCUT2D eigenvalue weighted by Crippen LogP contribution is -2.39. The molecule has 72 valence electrons. The minimum atomic E-state index is -0.515. The monoisotopic (exact) mass is 269 g/mol. The van der Waals surface area contributed by atoms with E-state index in [9.17, 15) is 4.79 Å². The third kappa shape index (κ3) is 1.32. The molecule has 2 nitrogen and oxygen atoms in total. The van der Waals surface area contributed by atoms with Crippen LogP contribution in [0.4, 0.5) is 0 Å². The van der Waals surface area contributed by atoms with E-state index in [1.165, 1.54) is 0 Å². The van der Waals surface area contributed by atoms with Crippen molar-refractivity contribution < 1.29 is 4.79 Å². The van der Waals surface area contributed by atoms with E-state index in [1.807, 2.05) is 13.0 Å². The van der Waals surface area contributed by atoms with Crippen LogP contribution in [-0.4, -0.2) is 5.78 Å². The average molecular weight is 270 g/mol. The maximum Gasteiger partial charge on any atom is 0.136 e. The van der Waals surface area contributed by atoms with E-state index in [2.05, 4.69) is 22.0 Å². The zero-order chi connectivity index (χ0) is 10.3. The van der Waals surface area contributed by atoms with Gasteiger partial charge < -0.3 is 0 Å². The number of hydrogen-bond acceptors (Lipinski definition) is 3. The molecule has 14 heavy (non-hydrogen) atoms. The third-order valence-corrected chi connectivity index (χ3v) is 4.88. The van der Waals surface area contributed by atoms with E-state index in [1.54, 1.807) is 11.3 Å². The highest BCUT2D eigenvalue weighted by atomic mass is 79.9. The summed E-state index contributed by atoms with van der Waals surface area (Å²) >= 11 is 5.02. The van der Waals surface area contributed by atoms with Crippen LogP contribution in [0.15, 0.2) is 10.5 Å². The summed E-state index contributed by atoms with van der Waals surface area (Å²) in [5.41, 5.74) is -0.515. The van der Waals surface area contributed by atoms with E-state index in [0.29, 0.717) is 12.8 Å². The Morgan fingerprint density at radius 2 is 2.29 bits per heavy atom. The highest BCUT2D eigenvalue weighted by Crippen LogP contribution is 2.45. The molecule has 1 saturated carbocycles. The Labute approximate surface area is 94.7 Å². The number of carbonyl (C=O) groups excluding carboxylic acids is 1. The molecule has 0 atom stereocenters. The predicted molar refractivity (Wildman–Crippen MR) is 58.3 cm³/mol. The van der Waals surface area contributed by atoms with Gasteiger partial charge in [-0.05, 0) is 28.9 Å². The van der Waals surface area contributed by atoms with Crippen LogP contribution in [0.2, 0.25) is 0 Å². The van der Waals surface area contributed by atoms with Crippen LogP contribution in [0.25, 0.3) is 0 Å². The van der Waals surface area contributed by atoms with Gasteiger partial charge in [-0.25, -0.2) is 0 Å². The van der Waals surface area contributed by atoms with Crippen LogP contribution >= 0.6 is 27.3 Å². The zero-order valence-corrected chi connectivity index (χ0v) is 10.0. The Morgan fingerprint density at radius 3 is 2.64 bits per heavy atom. The van der Waals surface area contributed by atoms with Gasteiger partial charge in [-0.15, -0.1) is 11.3 Å². The maximum atomic E-state index is 11.0. The van der Waals surface area contributed by atoms with Crippen molar-refractivity contribution >= 4 is 33.0 Å². The molecule has 0 unspecified atom stereocenters. The first-order valence-corrected chi connectivity index (χ1v) is 5.88. The number of hydrogen-bond donors (Lipinski definition) is 0. The minimum absolute atomic E-state index is 0.189. The lowest BCUT2D eigenvalue weighted by Gasteiger charge is -2.32. The smallest absolute Gasteiger partial charge is 0.136 e. The van der Waals surface area contributed by atoms with Gasteiger partial charge in [-0.3, -0.25) is 4.79 Å². The van der Waals surface area contributed by atoms with Crippen LogP contribution in [0.3, 0.4) is 0 Å². The maximum absolute atomic E-state index is 11.0. The Morgan fingerprint density at radius 1 is 1.64 bits per heavy atom. The SMILES string of the molecule is Cc1sc(C2(C#N)CC(=O)C2)cc1Br. The van der Waals surface area contributed by atoms with Crippen LogP contribution in [0.1, 0.15) is 22.6 Å². The number of nitriles is 1. The van der Waals surface area contributed by atoms with E-state index in [0.717, 1.165) is 14.2 Å². The molecule has 0 spiro atoms. The van der Waals surface area contributed by atoms with Crippen molar-refractivity contribution in [1.82, 2.24) is 0 Å². The summed E-state index contributed by atoms with van der Waals surface area (Å²) in [5.74, 6) is 0.189. The van der Waals surface area contributed by atoms with E-state index in [-0.39, 0.29) is 5.78 Å². The van der Waals surface area contributed by atoms with Gasteiger partial charge in [0.15, 0.2) is 0 Å². The molecule has 0 radical (unpaired) electrons. The second-order valence-corrected chi connectivity index (χ2v) is 5.71. The molecule has 1 heterocycles. The Hall–Kier alpha value is -0.660. The number of aryl methyl sites for hydroxylation is 1. The lowest BCUT2D eigenvalue weighted by molar-refractivity contribution is -0.126.